The van der Waals surface area contributed by atoms with E-state index >= 15 is 0 Å². The zero-order valence-corrected chi connectivity index (χ0v) is 11.3. The van der Waals surface area contributed by atoms with Gasteiger partial charge in [-0.1, -0.05) is 17.7 Å². The van der Waals surface area contributed by atoms with Gasteiger partial charge in [0.25, 0.3) is 5.91 Å². The van der Waals surface area contributed by atoms with Crippen LogP contribution in [0.2, 0.25) is 5.02 Å². The Bertz CT molecular complexity index is 669. The van der Waals surface area contributed by atoms with Crippen molar-refractivity contribution in [2.24, 2.45) is 0 Å². The fourth-order valence-electron chi connectivity index (χ4n) is 1.64. The number of carbonyl (C=O) groups excluding carboxylic acids is 1. The van der Waals surface area contributed by atoms with Crippen molar-refractivity contribution < 1.29 is 14.7 Å². The van der Waals surface area contributed by atoms with Gasteiger partial charge in [0.1, 0.15) is 5.69 Å². The van der Waals surface area contributed by atoms with Crippen molar-refractivity contribution in [3.63, 3.8) is 0 Å². The number of hydrogen-bond donors (Lipinski definition) is 2. The monoisotopic (exact) mass is 290 g/mol. The molecule has 102 valence electrons. The van der Waals surface area contributed by atoms with Crippen LogP contribution in [0.4, 0.5) is 5.69 Å². The third-order valence-corrected chi connectivity index (χ3v) is 2.91. The second kappa shape index (κ2) is 5.71. The molecule has 0 aliphatic carbocycles. The molecule has 0 fully saturated rings. The Morgan fingerprint density at radius 2 is 2.00 bits per heavy atom. The number of nitrogens with zero attached hydrogens (tertiary/aromatic N) is 1. The lowest BCUT2D eigenvalue weighted by Gasteiger charge is -2.07. The number of aryl methyl sites for hydroxylation is 1. The largest absolute Gasteiger partial charge is 0.478 e. The fourth-order valence-corrected chi connectivity index (χ4v) is 1.75. The standard InChI is InChI=1S/C14H11ClN2O3/c1-8-2-4-10(6-11(8)14(19)20)17-13(18)12-5-3-9(15)7-16-12/h2-7H,1H3,(H,17,18)(H,19,20). The van der Waals surface area contributed by atoms with Crippen molar-refractivity contribution in [1.82, 2.24) is 4.98 Å². The van der Waals surface area contributed by atoms with E-state index in [1.807, 2.05) is 0 Å². The fraction of sp³-hybridized carbons (Fsp3) is 0.0714. The van der Waals surface area contributed by atoms with E-state index in [0.717, 1.165) is 0 Å². The Kier molecular flexibility index (Phi) is 4.00. The van der Waals surface area contributed by atoms with Gasteiger partial charge in [-0.25, -0.2) is 9.78 Å². The number of nitrogens with one attached hydrogen (secondary N) is 1. The Morgan fingerprint density at radius 1 is 1.25 bits per heavy atom. The molecule has 1 aromatic carbocycles. The average molecular weight is 291 g/mol. The zero-order valence-electron chi connectivity index (χ0n) is 10.6. The molecular weight excluding hydrogens is 280 g/mol. The summed E-state index contributed by atoms with van der Waals surface area (Å²) in [6.07, 6.45) is 1.37. The van der Waals surface area contributed by atoms with Crippen molar-refractivity contribution in [1.29, 1.82) is 0 Å². The minimum atomic E-state index is -1.04. The first-order valence-electron chi connectivity index (χ1n) is 5.74. The van der Waals surface area contributed by atoms with E-state index in [2.05, 4.69) is 10.3 Å². The zero-order chi connectivity index (χ0) is 14.7. The minimum absolute atomic E-state index is 0.145. The summed E-state index contributed by atoms with van der Waals surface area (Å²) in [7, 11) is 0. The molecule has 0 spiro atoms. The van der Waals surface area contributed by atoms with Gasteiger partial charge < -0.3 is 10.4 Å². The number of hydrogen-bond acceptors (Lipinski definition) is 3. The summed E-state index contributed by atoms with van der Waals surface area (Å²) < 4.78 is 0. The summed E-state index contributed by atoms with van der Waals surface area (Å²) in [4.78, 5) is 26.8. The van der Waals surface area contributed by atoms with Crippen LogP contribution in [0.5, 0.6) is 0 Å². The number of amides is 1. The lowest BCUT2D eigenvalue weighted by molar-refractivity contribution is 0.0695. The number of aromatic nitrogens is 1. The molecule has 2 N–H and O–H groups in total. The van der Waals surface area contributed by atoms with Crippen molar-refractivity contribution in [2.45, 2.75) is 6.92 Å². The molecule has 0 bridgehead atoms. The Balaban J connectivity index is 2.21. The van der Waals surface area contributed by atoms with Crippen LogP contribution in [-0.2, 0) is 0 Å². The van der Waals surface area contributed by atoms with Gasteiger partial charge in [-0.15, -0.1) is 0 Å². The summed E-state index contributed by atoms with van der Waals surface area (Å²) in [6.45, 7) is 1.69. The highest BCUT2D eigenvalue weighted by Crippen LogP contribution is 2.16. The molecule has 1 heterocycles. The van der Waals surface area contributed by atoms with Gasteiger partial charge in [-0.05, 0) is 36.8 Å². The van der Waals surface area contributed by atoms with Gasteiger partial charge >= 0.3 is 5.97 Å². The van der Waals surface area contributed by atoms with Crippen molar-refractivity contribution in [3.8, 4) is 0 Å². The molecule has 0 radical (unpaired) electrons. The van der Waals surface area contributed by atoms with Crippen LogP contribution < -0.4 is 5.32 Å². The Morgan fingerprint density at radius 3 is 2.60 bits per heavy atom. The Hall–Kier alpha value is -2.40. The van der Waals surface area contributed by atoms with Crippen LogP contribution in [-0.4, -0.2) is 22.0 Å². The van der Waals surface area contributed by atoms with Gasteiger partial charge in [0.05, 0.1) is 10.6 Å². The molecule has 0 unspecified atom stereocenters. The molecule has 5 nitrogen and oxygen atoms in total. The Labute approximate surface area is 120 Å². The summed E-state index contributed by atoms with van der Waals surface area (Å²) in [5.74, 6) is -1.47. The average Bonchev–Trinajstić information content (AvgIpc) is 2.41. The molecule has 2 aromatic rings. The first kappa shape index (κ1) is 14.0. The maximum Gasteiger partial charge on any atom is 0.336 e. The van der Waals surface area contributed by atoms with Crippen molar-refractivity contribution in [2.75, 3.05) is 5.32 Å². The maximum absolute atomic E-state index is 11.9. The van der Waals surface area contributed by atoms with Crippen LogP contribution in [0.25, 0.3) is 0 Å². The molecule has 1 aromatic heterocycles. The van der Waals surface area contributed by atoms with E-state index in [4.69, 9.17) is 16.7 Å². The molecule has 20 heavy (non-hydrogen) atoms. The molecule has 0 saturated carbocycles. The predicted molar refractivity (Wildman–Crippen MR) is 75.3 cm³/mol. The van der Waals surface area contributed by atoms with E-state index in [1.165, 1.54) is 18.3 Å². The predicted octanol–water partition coefficient (Wildman–Crippen LogP) is 2.99. The van der Waals surface area contributed by atoms with Gasteiger partial charge in [-0.3, -0.25) is 4.79 Å². The highest BCUT2D eigenvalue weighted by molar-refractivity contribution is 6.30. The molecule has 2 rings (SSSR count). The number of benzene rings is 1. The van der Waals surface area contributed by atoms with E-state index in [9.17, 15) is 9.59 Å². The van der Waals surface area contributed by atoms with E-state index < -0.39 is 11.9 Å². The normalized spacial score (nSPS) is 10.1. The number of carboxylic acid groups (broad SMARTS) is 1. The second-order valence-corrected chi connectivity index (χ2v) is 4.59. The van der Waals surface area contributed by atoms with Gasteiger partial charge in [0.2, 0.25) is 0 Å². The van der Waals surface area contributed by atoms with Gasteiger partial charge in [0, 0.05) is 11.9 Å². The highest BCUT2D eigenvalue weighted by Gasteiger charge is 2.11. The van der Waals surface area contributed by atoms with E-state index in [0.29, 0.717) is 16.3 Å². The van der Waals surface area contributed by atoms with Gasteiger partial charge in [-0.2, -0.15) is 0 Å². The topological polar surface area (TPSA) is 79.3 Å². The third-order valence-electron chi connectivity index (χ3n) is 2.69. The summed E-state index contributed by atoms with van der Waals surface area (Å²) in [6, 6.07) is 7.72. The summed E-state index contributed by atoms with van der Waals surface area (Å²) >= 11 is 5.69. The molecular formula is C14H11ClN2O3. The lowest BCUT2D eigenvalue weighted by atomic mass is 10.1. The highest BCUT2D eigenvalue weighted by atomic mass is 35.5. The van der Waals surface area contributed by atoms with Crippen LogP contribution in [0.3, 0.4) is 0 Å². The number of halogens is 1. The number of carbonyl (C=O) groups is 2. The lowest BCUT2D eigenvalue weighted by Crippen LogP contribution is -2.14. The molecule has 0 atom stereocenters. The molecule has 1 amide bonds. The van der Waals surface area contributed by atoms with Crippen molar-refractivity contribution >= 4 is 29.2 Å². The number of rotatable bonds is 3. The summed E-state index contributed by atoms with van der Waals surface area (Å²) in [5, 5.41) is 12.1. The first-order chi connectivity index (χ1) is 9.47. The maximum atomic E-state index is 11.9. The summed E-state index contributed by atoms with van der Waals surface area (Å²) in [5.41, 5.74) is 1.37. The quantitative estimate of drug-likeness (QED) is 0.911. The number of pyridine rings is 1. The first-order valence-corrected chi connectivity index (χ1v) is 6.12. The molecule has 6 heteroatoms. The van der Waals surface area contributed by atoms with Crippen LogP contribution in [0.15, 0.2) is 36.5 Å². The molecule has 0 saturated heterocycles. The van der Waals surface area contributed by atoms with Crippen LogP contribution in [0.1, 0.15) is 26.4 Å². The molecule has 0 aliphatic heterocycles. The molecule has 0 aliphatic rings. The smallest absolute Gasteiger partial charge is 0.336 e. The minimum Gasteiger partial charge on any atom is -0.478 e. The van der Waals surface area contributed by atoms with Crippen molar-refractivity contribution in [3.05, 3.63) is 58.4 Å². The van der Waals surface area contributed by atoms with Crippen LogP contribution in [0, 0.1) is 6.92 Å². The number of carboxylic acids is 1. The second-order valence-electron chi connectivity index (χ2n) is 4.15. The number of anilines is 1. The van der Waals surface area contributed by atoms with Crippen LogP contribution >= 0.6 is 11.6 Å². The van der Waals surface area contributed by atoms with E-state index in [-0.39, 0.29) is 11.3 Å². The SMILES string of the molecule is Cc1ccc(NC(=O)c2ccc(Cl)cn2)cc1C(=O)O. The third kappa shape index (κ3) is 3.13. The van der Waals surface area contributed by atoms with Gasteiger partial charge in [0.15, 0.2) is 0 Å². The number of aromatic carboxylic acids is 1. The van der Waals surface area contributed by atoms with E-state index in [1.54, 1.807) is 25.1 Å².